The zero-order valence-corrected chi connectivity index (χ0v) is 13.0. The van der Waals surface area contributed by atoms with Crippen molar-refractivity contribution >= 4 is 27.5 Å². The van der Waals surface area contributed by atoms with Crippen molar-refractivity contribution in [2.45, 2.75) is 6.54 Å². The number of pyridine rings is 1. The van der Waals surface area contributed by atoms with Crippen LogP contribution in [0.2, 0.25) is 0 Å². The second kappa shape index (κ2) is 6.63. The fraction of sp³-hybridized carbons (Fsp3) is 0.200. The van der Waals surface area contributed by atoms with Crippen LogP contribution in [0, 0.1) is 0 Å². The van der Waals surface area contributed by atoms with Crippen molar-refractivity contribution in [2.24, 2.45) is 0 Å². The van der Waals surface area contributed by atoms with E-state index in [2.05, 4.69) is 31.1 Å². The molecular formula is C15H16BrN3O. The average molecular weight is 334 g/mol. The SMILES string of the molecule is CN(C)Cc1ccccc1NC(=O)c1ccc(Br)cn1. The number of aromatic nitrogens is 1. The van der Waals surface area contributed by atoms with Gasteiger partial charge in [-0.15, -0.1) is 0 Å². The van der Waals surface area contributed by atoms with Gasteiger partial charge in [-0.25, -0.2) is 4.98 Å². The normalized spacial score (nSPS) is 10.6. The largest absolute Gasteiger partial charge is 0.320 e. The van der Waals surface area contributed by atoms with Crippen LogP contribution in [0.5, 0.6) is 0 Å². The Bertz CT molecular complexity index is 596. The van der Waals surface area contributed by atoms with Crippen molar-refractivity contribution in [3.63, 3.8) is 0 Å². The highest BCUT2D eigenvalue weighted by Crippen LogP contribution is 2.17. The first-order chi connectivity index (χ1) is 9.56. The molecule has 2 rings (SSSR count). The first-order valence-corrected chi connectivity index (χ1v) is 7.01. The molecule has 1 heterocycles. The summed E-state index contributed by atoms with van der Waals surface area (Å²) in [7, 11) is 3.99. The van der Waals surface area contributed by atoms with E-state index in [0.29, 0.717) is 5.69 Å². The summed E-state index contributed by atoms with van der Waals surface area (Å²) >= 11 is 3.30. The summed E-state index contributed by atoms with van der Waals surface area (Å²) in [5.74, 6) is -0.205. The molecule has 1 aromatic heterocycles. The molecule has 5 heteroatoms. The number of hydrogen-bond donors (Lipinski definition) is 1. The van der Waals surface area contributed by atoms with E-state index in [1.54, 1.807) is 18.3 Å². The number of rotatable bonds is 4. The Morgan fingerprint density at radius 2 is 2.00 bits per heavy atom. The maximum absolute atomic E-state index is 12.2. The van der Waals surface area contributed by atoms with Gasteiger partial charge in [0.2, 0.25) is 0 Å². The number of anilines is 1. The molecule has 1 aromatic carbocycles. The van der Waals surface area contributed by atoms with E-state index in [0.717, 1.165) is 22.3 Å². The van der Waals surface area contributed by atoms with E-state index < -0.39 is 0 Å². The molecule has 20 heavy (non-hydrogen) atoms. The lowest BCUT2D eigenvalue weighted by molar-refractivity contribution is 0.102. The maximum atomic E-state index is 12.2. The van der Waals surface area contributed by atoms with Crippen LogP contribution in [-0.2, 0) is 6.54 Å². The Balaban J connectivity index is 2.17. The molecule has 0 aliphatic rings. The topological polar surface area (TPSA) is 45.2 Å². The van der Waals surface area contributed by atoms with Gasteiger partial charge in [-0.05, 0) is 53.8 Å². The minimum atomic E-state index is -0.205. The quantitative estimate of drug-likeness (QED) is 0.934. The molecule has 0 unspecified atom stereocenters. The summed E-state index contributed by atoms with van der Waals surface area (Å²) in [5.41, 5.74) is 2.28. The van der Waals surface area contributed by atoms with E-state index in [1.165, 1.54) is 0 Å². The predicted molar refractivity (Wildman–Crippen MR) is 83.7 cm³/mol. The fourth-order valence-corrected chi connectivity index (χ4v) is 2.05. The highest BCUT2D eigenvalue weighted by molar-refractivity contribution is 9.10. The molecule has 104 valence electrons. The third-order valence-corrected chi connectivity index (χ3v) is 3.18. The summed E-state index contributed by atoms with van der Waals surface area (Å²) in [4.78, 5) is 18.3. The lowest BCUT2D eigenvalue weighted by Gasteiger charge is -2.14. The number of halogens is 1. The zero-order valence-electron chi connectivity index (χ0n) is 11.4. The molecule has 0 saturated heterocycles. The monoisotopic (exact) mass is 333 g/mol. The Morgan fingerprint density at radius 3 is 2.65 bits per heavy atom. The zero-order chi connectivity index (χ0) is 14.5. The second-order valence-electron chi connectivity index (χ2n) is 4.71. The maximum Gasteiger partial charge on any atom is 0.274 e. The smallest absolute Gasteiger partial charge is 0.274 e. The summed E-state index contributed by atoms with van der Waals surface area (Å²) in [6.45, 7) is 0.768. The van der Waals surface area contributed by atoms with Gasteiger partial charge in [0.1, 0.15) is 5.69 Å². The van der Waals surface area contributed by atoms with Gasteiger partial charge in [-0.2, -0.15) is 0 Å². The fourth-order valence-electron chi connectivity index (χ4n) is 1.82. The van der Waals surface area contributed by atoms with Crippen LogP contribution in [0.15, 0.2) is 47.1 Å². The van der Waals surface area contributed by atoms with Crippen molar-refractivity contribution in [3.8, 4) is 0 Å². The van der Waals surface area contributed by atoms with Crippen molar-refractivity contribution < 1.29 is 4.79 Å². The van der Waals surface area contributed by atoms with Gasteiger partial charge >= 0.3 is 0 Å². The van der Waals surface area contributed by atoms with Crippen LogP contribution >= 0.6 is 15.9 Å². The Labute approximate surface area is 127 Å². The number of benzene rings is 1. The molecular weight excluding hydrogens is 318 g/mol. The average Bonchev–Trinajstić information content (AvgIpc) is 2.41. The van der Waals surface area contributed by atoms with Crippen molar-refractivity contribution in [1.82, 2.24) is 9.88 Å². The number of carbonyl (C=O) groups is 1. The minimum Gasteiger partial charge on any atom is -0.320 e. The van der Waals surface area contributed by atoms with E-state index in [4.69, 9.17) is 0 Å². The third kappa shape index (κ3) is 3.88. The van der Waals surface area contributed by atoms with Gasteiger partial charge in [-0.1, -0.05) is 18.2 Å². The third-order valence-electron chi connectivity index (χ3n) is 2.71. The molecule has 4 nitrogen and oxygen atoms in total. The standard InChI is InChI=1S/C15H16BrN3O/c1-19(2)10-11-5-3-4-6-13(11)18-15(20)14-8-7-12(16)9-17-14/h3-9H,10H2,1-2H3,(H,18,20). The Morgan fingerprint density at radius 1 is 1.25 bits per heavy atom. The molecule has 2 aromatic rings. The predicted octanol–water partition coefficient (Wildman–Crippen LogP) is 3.16. The molecule has 0 aliphatic heterocycles. The molecule has 0 atom stereocenters. The lowest BCUT2D eigenvalue weighted by atomic mass is 10.1. The van der Waals surface area contributed by atoms with Gasteiger partial charge in [0.15, 0.2) is 0 Å². The van der Waals surface area contributed by atoms with E-state index >= 15 is 0 Å². The van der Waals surface area contributed by atoms with Gasteiger partial charge in [-0.3, -0.25) is 4.79 Å². The van der Waals surface area contributed by atoms with Gasteiger partial charge < -0.3 is 10.2 Å². The molecule has 1 N–H and O–H groups in total. The van der Waals surface area contributed by atoms with Crippen LogP contribution in [0.4, 0.5) is 5.69 Å². The first-order valence-electron chi connectivity index (χ1n) is 6.22. The van der Waals surface area contributed by atoms with Crippen LogP contribution in [0.25, 0.3) is 0 Å². The van der Waals surface area contributed by atoms with Gasteiger partial charge in [0.25, 0.3) is 5.91 Å². The molecule has 0 saturated carbocycles. The highest BCUT2D eigenvalue weighted by atomic mass is 79.9. The van der Waals surface area contributed by atoms with Crippen LogP contribution in [-0.4, -0.2) is 29.9 Å². The molecule has 1 amide bonds. The molecule has 0 spiro atoms. The first kappa shape index (κ1) is 14.7. The number of nitrogens with one attached hydrogen (secondary N) is 1. The highest BCUT2D eigenvalue weighted by Gasteiger charge is 2.10. The summed E-state index contributed by atoms with van der Waals surface area (Å²) in [5, 5.41) is 2.91. The molecule has 0 bridgehead atoms. The second-order valence-corrected chi connectivity index (χ2v) is 5.63. The summed E-state index contributed by atoms with van der Waals surface area (Å²) < 4.78 is 0.849. The van der Waals surface area contributed by atoms with Crippen LogP contribution in [0.1, 0.15) is 16.1 Å². The number of hydrogen-bond acceptors (Lipinski definition) is 3. The van der Waals surface area contributed by atoms with Gasteiger partial charge in [0.05, 0.1) is 0 Å². The Kier molecular flexibility index (Phi) is 4.87. The van der Waals surface area contributed by atoms with Crippen molar-refractivity contribution in [2.75, 3.05) is 19.4 Å². The number of para-hydroxylation sites is 1. The van der Waals surface area contributed by atoms with E-state index in [9.17, 15) is 4.79 Å². The number of nitrogens with zero attached hydrogens (tertiary/aromatic N) is 2. The number of carbonyl (C=O) groups excluding carboxylic acids is 1. The van der Waals surface area contributed by atoms with Crippen LogP contribution in [0.3, 0.4) is 0 Å². The Hall–Kier alpha value is -1.72. The van der Waals surface area contributed by atoms with Gasteiger partial charge in [0, 0.05) is 22.9 Å². The summed E-state index contributed by atoms with van der Waals surface area (Å²) in [6, 6.07) is 11.3. The number of amides is 1. The van der Waals surface area contributed by atoms with Crippen molar-refractivity contribution in [1.29, 1.82) is 0 Å². The molecule has 0 radical (unpaired) electrons. The van der Waals surface area contributed by atoms with E-state index in [-0.39, 0.29) is 5.91 Å². The van der Waals surface area contributed by atoms with Crippen molar-refractivity contribution in [3.05, 3.63) is 58.3 Å². The molecule has 0 aliphatic carbocycles. The lowest BCUT2D eigenvalue weighted by Crippen LogP contribution is -2.17. The molecule has 0 fully saturated rings. The minimum absolute atomic E-state index is 0.205. The summed E-state index contributed by atoms with van der Waals surface area (Å²) in [6.07, 6.45) is 1.61. The van der Waals surface area contributed by atoms with E-state index in [1.807, 2.05) is 38.4 Å². The van der Waals surface area contributed by atoms with Crippen LogP contribution < -0.4 is 5.32 Å².